The molecule has 0 rings (SSSR count). The Morgan fingerprint density at radius 2 is 1.00 bits per heavy atom. The summed E-state index contributed by atoms with van der Waals surface area (Å²) >= 11 is 0. The Bertz CT molecular complexity index is 1300. The molecule has 0 N–H and O–H groups in total. The van der Waals surface area contributed by atoms with Crippen LogP contribution in [0.3, 0.4) is 0 Å². The van der Waals surface area contributed by atoms with Crippen LogP contribution in [0, 0.1) is 0 Å². The Labute approximate surface area is 366 Å². The smallest absolute Gasteiger partial charge is 0.306 e. The summed E-state index contributed by atoms with van der Waals surface area (Å²) in [4.78, 5) is 36.9. The summed E-state index contributed by atoms with van der Waals surface area (Å²) < 4.78 is 17.1. The van der Waals surface area contributed by atoms with E-state index in [0.29, 0.717) is 12.8 Å². The Morgan fingerprint density at radius 3 is 1.55 bits per heavy atom. The minimum Gasteiger partial charge on any atom is -0.544 e. The lowest BCUT2D eigenvalue weighted by Gasteiger charge is -2.34. The zero-order valence-electron chi connectivity index (χ0n) is 38.6. The number of hydrogen-bond acceptors (Lipinski definition) is 7. The number of esters is 2. The Balaban J connectivity index is 4.44. The molecule has 0 fully saturated rings. The number of hydrogen-bond donors (Lipinski definition) is 0. The van der Waals surface area contributed by atoms with Gasteiger partial charge in [0.1, 0.15) is 12.6 Å². The second kappa shape index (κ2) is 42.0. The number of unbranched alkanes of at least 4 members (excludes halogenated alkanes) is 12. The summed E-state index contributed by atoms with van der Waals surface area (Å²) in [7, 11) is 5.38. The summed E-state index contributed by atoms with van der Waals surface area (Å²) in [5, 5.41) is 11.6. The number of carbonyl (C=O) groups is 3. The molecule has 0 spiro atoms. The normalized spacial score (nSPS) is 13.8. The van der Waals surface area contributed by atoms with Gasteiger partial charge in [0.15, 0.2) is 6.10 Å². The van der Waals surface area contributed by atoms with Gasteiger partial charge in [0.25, 0.3) is 0 Å². The molecule has 0 bridgehead atoms. The highest BCUT2D eigenvalue weighted by Gasteiger charge is 2.25. The fraction of sp³-hybridized carbons (Fsp3) is 0.635. The molecule has 0 aromatic rings. The molecule has 0 heterocycles. The van der Waals surface area contributed by atoms with E-state index in [-0.39, 0.29) is 49.1 Å². The van der Waals surface area contributed by atoms with Crippen LogP contribution in [0.15, 0.2) is 97.2 Å². The third-order valence-electron chi connectivity index (χ3n) is 9.77. The molecule has 8 heteroatoms. The molecule has 0 amide bonds. The van der Waals surface area contributed by atoms with Crippen molar-refractivity contribution in [2.45, 2.75) is 174 Å². The van der Waals surface area contributed by atoms with Gasteiger partial charge in [0.2, 0.25) is 0 Å². The van der Waals surface area contributed by atoms with Crippen molar-refractivity contribution in [3.8, 4) is 0 Å². The zero-order valence-corrected chi connectivity index (χ0v) is 38.6. The number of rotatable bonds is 40. The fourth-order valence-electron chi connectivity index (χ4n) is 6.15. The maximum absolute atomic E-state index is 12.7. The fourth-order valence-corrected chi connectivity index (χ4v) is 6.15. The van der Waals surface area contributed by atoms with Crippen molar-refractivity contribution < 1.29 is 38.2 Å². The van der Waals surface area contributed by atoms with Crippen LogP contribution >= 0.6 is 0 Å². The average molecular weight is 836 g/mol. The van der Waals surface area contributed by atoms with E-state index in [1.165, 1.54) is 44.9 Å². The van der Waals surface area contributed by atoms with Crippen molar-refractivity contribution in [1.29, 1.82) is 0 Å². The number of allylic oxidation sites excluding steroid dienone is 16. The van der Waals surface area contributed by atoms with Crippen LogP contribution in [0.5, 0.6) is 0 Å². The molecule has 2 atom stereocenters. The number of likely N-dealkylation sites (N-methyl/N-ethyl adjacent to an activating group) is 1. The highest BCUT2D eigenvalue weighted by atomic mass is 16.6. The molecule has 60 heavy (non-hydrogen) atoms. The van der Waals surface area contributed by atoms with E-state index in [9.17, 15) is 19.5 Å². The summed E-state index contributed by atoms with van der Waals surface area (Å²) in [6, 6.07) is -0.742. The molecule has 0 aliphatic heterocycles. The van der Waals surface area contributed by atoms with E-state index in [1.54, 1.807) is 21.1 Å². The van der Waals surface area contributed by atoms with Crippen LogP contribution in [0.25, 0.3) is 0 Å². The number of nitrogens with zero attached hydrogens (tertiary/aromatic N) is 1. The maximum atomic E-state index is 12.7. The van der Waals surface area contributed by atoms with E-state index in [2.05, 4.69) is 111 Å². The quantitative estimate of drug-likeness (QED) is 0.0199. The first-order chi connectivity index (χ1) is 29.1. The minimum absolute atomic E-state index is 0.0128. The van der Waals surface area contributed by atoms with Crippen molar-refractivity contribution in [3.63, 3.8) is 0 Å². The molecular weight excluding hydrogens is 751 g/mol. The van der Waals surface area contributed by atoms with Crippen LogP contribution in [-0.4, -0.2) is 75.5 Å². The number of carbonyl (C=O) groups excluding carboxylic acids is 3. The lowest BCUT2D eigenvalue weighted by Crippen LogP contribution is -2.55. The molecule has 340 valence electrons. The van der Waals surface area contributed by atoms with Gasteiger partial charge in [0.05, 0.1) is 40.3 Å². The van der Waals surface area contributed by atoms with Gasteiger partial charge in [-0.3, -0.25) is 9.59 Å². The van der Waals surface area contributed by atoms with E-state index in [1.807, 2.05) is 0 Å². The molecule has 0 saturated carbocycles. The lowest BCUT2D eigenvalue weighted by molar-refractivity contribution is -0.889. The lowest BCUT2D eigenvalue weighted by atomic mass is 10.1. The number of aliphatic carboxylic acids is 1. The highest BCUT2D eigenvalue weighted by Crippen LogP contribution is 2.12. The molecule has 8 nitrogen and oxygen atoms in total. The predicted octanol–water partition coefficient (Wildman–Crippen LogP) is 11.7. The third-order valence-corrected chi connectivity index (χ3v) is 9.77. The molecule has 0 aliphatic rings. The summed E-state index contributed by atoms with van der Waals surface area (Å²) in [6.45, 7) is 4.43. The van der Waals surface area contributed by atoms with Crippen LogP contribution in [0.4, 0.5) is 0 Å². The maximum Gasteiger partial charge on any atom is 0.306 e. The molecule has 0 radical (unpaired) electrons. The first-order valence-electron chi connectivity index (χ1n) is 23.3. The van der Waals surface area contributed by atoms with Gasteiger partial charge in [0, 0.05) is 19.3 Å². The largest absolute Gasteiger partial charge is 0.544 e. The molecule has 0 aromatic heterocycles. The first-order valence-corrected chi connectivity index (χ1v) is 23.3. The summed E-state index contributed by atoms with van der Waals surface area (Å²) in [6.07, 6.45) is 55.8. The van der Waals surface area contributed by atoms with Gasteiger partial charge in [-0.15, -0.1) is 0 Å². The summed E-state index contributed by atoms with van der Waals surface area (Å²) in [5.41, 5.74) is 0. The van der Waals surface area contributed by atoms with Crippen molar-refractivity contribution in [1.82, 2.24) is 0 Å². The Kier molecular flexibility index (Phi) is 39.3. The summed E-state index contributed by atoms with van der Waals surface area (Å²) in [5.74, 6) is -1.82. The van der Waals surface area contributed by atoms with E-state index in [4.69, 9.17) is 14.2 Å². The van der Waals surface area contributed by atoms with Crippen LogP contribution in [0.2, 0.25) is 0 Å². The number of ether oxygens (including phenoxy) is 3. The van der Waals surface area contributed by atoms with Gasteiger partial charge < -0.3 is 28.6 Å². The number of carboxylic acid groups (broad SMARTS) is 1. The Morgan fingerprint density at radius 1 is 0.533 bits per heavy atom. The molecule has 2 unspecified atom stereocenters. The monoisotopic (exact) mass is 836 g/mol. The highest BCUT2D eigenvalue weighted by molar-refractivity contribution is 5.70. The SMILES string of the molecule is CC/C=C/C=C/C=C/CCCCCCCCCC(=O)OCC(COCCC(C(=O)[O-])[N+](C)(C)C)OC(=O)CCCC/C=C/C/C=C/C/C=C/C/C=C/C/C=C/CCCCC. The van der Waals surface area contributed by atoms with Crippen LogP contribution in [0.1, 0.15) is 162 Å². The van der Waals surface area contributed by atoms with Gasteiger partial charge in [-0.05, 0) is 83.5 Å². The van der Waals surface area contributed by atoms with E-state index in [0.717, 1.165) is 77.0 Å². The van der Waals surface area contributed by atoms with Crippen molar-refractivity contribution in [2.75, 3.05) is 41.0 Å². The second-order valence-electron chi connectivity index (χ2n) is 16.3. The predicted molar refractivity (Wildman–Crippen MR) is 249 cm³/mol. The standard InChI is InChI=1S/C52H85NO7/c1-6-8-10-12-14-16-18-20-22-23-24-25-26-27-29-31-33-35-37-39-41-43-51(55)60-48(46-58-45-44-49(52(56)57)53(3,4)5)47-59-50(54)42-40-38-36-34-32-30-28-21-19-17-15-13-11-9-7-2/h9,11,13-17,19-20,22,24-25,27,29,33,35,48-49H,6-8,10,12,18,21,23,26,28,30-32,34,36-47H2,1-5H3/b11-9+,15-13+,16-14+,19-17+,22-20+,25-24+,29-27+,35-33+. The van der Waals surface area contributed by atoms with Gasteiger partial charge in [-0.1, -0.05) is 156 Å². The second-order valence-corrected chi connectivity index (χ2v) is 16.3. The zero-order chi connectivity index (χ0) is 44.2. The molecule has 0 aromatic carbocycles. The molecule has 0 aliphatic carbocycles. The van der Waals surface area contributed by atoms with Gasteiger partial charge in [-0.25, -0.2) is 0 Å². The van der Waals surface area contributed by atoms with Crippen LogP contribution < -0.4 is 5.11 Å². The van der Waals surface area contributed by atoms with Crippen molar-refractivity contribution in [3.05, 3.63) is 97.2 Å². The third kappa shape index (κ3) is 39.7. The first kappa shape index (κ1) is 56.2. The van der Waals surface area contributed by atoms with E-state index < -0.39 is 18.1 Å². The van der Waals surface area contributed by atoms with Crippen molar-refractivity contribution >= 4 is 17.9 Å². The van der Waals surface area contributed by atoms with Crippen LogP contribution in [-0.2, 0) is 28.6 Å². The molecule has 0 saturated heterocycles. The van der Waals surface area contributed by atoms with Crippen molar-refractivity contribution in [2.24, 2.45) is 0 Å². The average Bonchev–Trinajstić information content (AvgIpc) is 3.21. The minimum atomic E-state index is -1.14. The van der Waals surface area contributed by atoms with Gasteiger partial charge in [-0.2, -0.15) is 0 Å². The molecular formula is C52H85NO7. The van der Waals surface area contributed by atoms with Gasteiger partial charge >= 0.3 is 11.9 Å². The van der Waals surface area contributed by atoms with E-state index >= 15 is 0 Å². The Hall–Kier alpha value is -3.75. The topological polar surface area (TPSA) is 102 Å². The number of carboxylic acids is 1. The number of quaternary nitrogens is 1.